The summed E-state index contributed by atoms with van der Waals surface area (Å²) in [5.41, 5.74) is 2.42. The number of aromatic nitrogens is 1. The molecule has 130 valence electrons. The molecule has 6 heteroatoms. The number of nitrogens with zero attached hydrogens (tertiary/aromatic N) is 1. The third kappa shape index (κ3) is 5.09. The Bertz CT molecular complexity index is 672. The fourth-order valence-corrected chi connectivity index (χ4v) is 1.95. The second-order valence-corrected chi connectivity index (χ2v) is 6.96. The number of nitrogens with one attached hydrogen (secondary N) is 2. The molecule has 24 heavy (non-hydrogen) atoms. The Kier molecular flexibility index (Phi) is 5.62. The van der Waals surface area contributed by atoms with Gasteiger partial charge < -0.3 is 20.2 Å². The van der Waals surface area contributed by atoms with Crippen LogP contribution in [-0.4, -0.2) is 28.8 Å². The fourth-order valence-electron chi connectivity index (χ4n) is 1.95. The van der Waals surface area contributed by atoms with Gasteiger partial charge in [-0.25, -0.2) is 9.78 Å². The zero-order chi connectivity index (χ0) is 17.7. The molecule has 0 fully saturated rings. The molecule has 3 N–H and O–H groups in total. The number of rotatable bonds is 5. The van der Waals surface area contributed by atoms with Crippen molar-refractivity contribution in [1.29, 1.82) is 0 Å². The summed E-state index contributed by atoms with van der Waals surface area (Å²) < 4.78 is 5.44. The SMILES string of the molecule is Cc1ccc(-c2nc(CNC(=O)NCC(O)C(C)(C)C)co2)cc1. The summed E-state index contributed by atoms with van der Waals surface area (Å²) in [5, 5.41) is 15.2. The molecule has 1 aromatic heterocycles. The van der Waals surface area contributed by atoms with Crippen molar-refractivity contribution >= 4 is 6.03 Å². The van der Waals surface area contributed by atoms with E-state index in [1.54, 1.807) is 0 Å². The summed E-state index contributed by atoms with van der Waals surface area (Å²) >= 11 is 0. The third-order valence-corrected chi connectivity index (χ3v) is 3.74. The highest BCUT2D eigenvalue weighted by Gasteiger charge is 2.22. The van der Waals surface area contributed by atoms with Crippen molar-refractivity contribution in [3.8, 4) is 11.5 Å². The van der Waals surface area contributed by atoms with Crippen LogP contribution in [0.2, 0.25) is 0 Å². The molecule has 2 aromatic rings. The topological polar surface area (TPSA) is 87.4 Å². The monoisotopic (exact) mass is 331 g/mol. The first-order valence-electron chi connectivity index (χ1n) is 7.97. The van der Waals surface area contributed by atoms with E-state index < -0.39 is 6.10 Å². The minimum absolute atomic E-state index is 0.197. The summed E-state index contributed by atoms with van der Waals surface area (Å²) in [4.78, 5) is 16.1. The normalized spacial score (nSPS) is 12.7. The number of carbonyl (C=O) groups is 1. The average molecular weight is 331 g/mol. The molecule has 0 aliphatic heterocycles. The van der Waals surface area contributed by atoms with E-state index in [9.17, 15) is 9.90 Å². The lowest BCUT2D eigenvalue weighted by Gasteiger charge is -2.25. The molecule has 2 rings (SSSR count). The van der Waals surface area contributed by atoms with Crippen molar-refractivity contribution in [1.82, 2.24) is 15.6 Å². The van der Waals surface area contributed by atoms with Gasteiger partial charge in [0.1, 0.15) is 6.26 Å². The first-order valence-corrected chi connectivity index (χ1v) is 7.97. The van der Waals surface area contributed by atoms with Crippen molar-refractivity contribution in [2.45, 2.75) is 40.3 Å². The van der Waals surface area contributed by atoms with E-state index >= 15 is 0 Å². The molecule has 0 aliphatic rings. The molecular formula is C18H25N3O3. The van der Waals surface area contributed by atoms with Gasteiger partial charge in [-0.3, -0.25) is 0 Å². The minimum atomic E-state index is -0.608. The molecule has 0 saturated carbocycles. The van der Waals surface area contributed by atoms with Gasteiger partial charge in [0.15, 0.2) is 0 Å². The van der Waals surface area contributed by atoms with Crippen molar-refractivity contribution < 1.29 is 14.3 Å². The Morgan fingerprint density at radius 1 is 1.25 bits per heavy atom. The molecule has 1 heterocycles. The predicted octanol–water partition coefficient (Wildman–Crippen LogP) is 2.86. The lowest BCUT2D eigenvalue weighted by atomic mass is 9.89. The van der Waals surface area contributed by atoms with E-state index in [0.29, 0.717) is 11.6 Å². The zero-order valence-corrected chi connectivity index (χ0v) is 14.6. The quantitative estimate of drug-likeness (QED) is 0.786. The average Bonchev–Trinajstić information content (AvgIpc) is 2.99. The van der Waals surface area contributed by atoms with Gasteiger partial charge in [-0.05, 0) is 24.5 Å². The molecule has 2 amide bonds. The van der Waals surface area contributed by atoms with E-state index in [2.05, 4.69) is 15.6 Å². The van der Waals surface area contributed by atoms with Crippen LogP contribution in [-0.2, 0) is 6.54 Å². The van der Waals surface area contributed by atoms with E-state index in [4.69, 9.17) is 4.42 Å². The van der Waals surface area contributed by atoms with Crippen LogP contribution in [0, 0.1) is 12.3 Å². The maximum atomic E-state index is 11.8. The second kappa shape index (κ2) is 7.49. The van der Waals surface area contributed by atoms with Crippen molar-refractivity contribution in [2.24, 2.45) is 5.41 Å². The van der Waals surface area contributed by atoms with E-state index in [1.165, 1.54) is 11.8 Å². The van der Waals surface area contributed by atoms with Gasteiger partial charge in [-0.2, -0.15) is 0 Å². The molecule has 0 aliphatic carbocycles. The lowest BCUT2D eigenvalue weighted by Crippen LogP contribution is -2.43. The van der Waals surface area contributed by atoms with Crippen LogP contribution in [0.5, 0.6) is 0 Å². The molecule has 6 nitrogen and oxygen atoms in total. The highest BCUT2D eigenvalue weighted by Crippen LogP contribution is 2.19. The van der Waals surface area contributed by atoms with Crippen LogP contribution in [0.25, 0.3) is 11.5 Å². The van der Waals surface area contributed by atoms with Crippen LogP contribution in [0.15, 0.2) is 34.9 Å². The minimum Gasteiger partial charge on any atom is -0.444 e. The Morgan fingerprint density at radius 3 is 2.54 bits per heavy atom. The van der Waals surface area contributed by atoms with Crippen LogP contribution in [0.4, 0.5) is 4.79 Å². The molecule has 0 spiro atoms. The van der Waals surface area contributed by atoms with Crippen LogP contribution < -0.4 is 10.6 Å². The van der Waals surface area contributed by atoms with Gasteiger partial charge >= 0.3 is 6.03 Å². The standard InChI is InChI=1S/C18H25N3O3/c1-12-5-7-13(8-6-12)16-21-14(11-24-16)9-19-17(23)20-10-15(22)18(2,3)4/h5-8,11,15,22H,9-10H2,1-4H3,(H2,19,20,23). The van der Waals surface area contributed by atoms with Gasteiger partial charge in [-0.15, -0.1) is 0 Å². The fraction of sp³-hybridized carbons (Fsp3) is 0.444. The molecule has 0 saturated heterocycles. The van der Waals surface area contributed by atoms with Gasteiger partial charge in [0.2, 0.25) is 5.89 Å². The first-order chi connectivity index (χ1) is 11.3. The molecule has 1 unspecified atom stereocenters. The van der Waals surface area contributed by atoms with Crippen molar-refractivity contribution in [3.63, 3.8) is 0 Å². The summed E-state index contributed by atoms with van der Waals surface area (Å²) in [6.07, 6.45) is 0.919. The number of aliphatic hydroxyl groups is 1. The third-order valence-electron chi connectivity index (χ3n) is 3.74. The molecule has 1 aromatic carbocycles. The maximum Gasteiger partial charge on any atom is 0.315 e. The van der Waals surface area contributed by atoms with E-state index in [0.717, 1.165) is 5.56 Å². The Hall–Kier alpha value is -2.34. The summed E-state index contributed by atoms with van der Waals surface area (Å²) in [6, 6.07) is 7.52. The Labute approximate surface area is 142 Å². The number of urea groups is 1. The molecule has 0 bridgehead atoms. The number of amides is 2. The van der Waals surface area contributed by atoms with E-state index in [1.807, 2.05) is 52.0 Å². The molecular weight excluding hydrogens is 306 g/mol. The van der Waals surface area contributed by atoms with Gasteiger partial charge in [0.25, 0.3) is 0 Å². The van der Waals surface area contributed by atoms with Crippen LogP contribution in [0.1, 0.15) is 32.0 Å². The second-order valence-electron chi connectivity index (χ2n) is 6.96. The number of aliphatic hydroxyl groups excluding tert-OH is 1. The number of oxazole rings is 1. The van der Waals surface area contributed by atoms with Gasteiger partial charge in [-0.1, -0.05) is 38.5 Å². The summed E-state index contributed by atoms with van der Waals surface area (Å²) in [6.45, 7) is 8.22. The zero-order valence-electron chi connectivity index (χ0n) is 14.6. The molecule has 1 atom stereocenters. The number of aryl methyl sites for hydroxylation is 1. The number of benzene rings is 1. The number of hydrogen-bond donors (Lipinski definition) is 3. The van der Waals surface area contributed by atoms with Crippen LogP contribution >= 0.6 is 0 Å². The maximum absolute atomic E-state index is 11.8. The largest absolute Gasteiger partial charge is 0.444 e. The highest BCUT2D eigenvalue weighted by molar-refractivity contribution is 5.73. The number of carbonyl (C=O) groups excluding carboxylic acids is 1. The van der Waals surface area contributed by atoms with Crippen molar-refractivity contribution in [2.75, 3.05) is 6.54 Å². The van der Waals surface area contributed by atoms with E-state index in [-0.39, 0.29) is 24.5 Å². The smallest absolute Gasteiger partial charge is 0.315 e. The summed E-state index contributed by atoms with van der Waals surface area (Å²) in [7, 11) is 0. The van der Waals surface area contributed by atoms with Gasteiger partial charge in [0, 0.05) is 12.1 Å². The lowest BCUT2D eigenvalue weighted by molar-refractivity contribution is 0.0650. The highest BCUT2D eigenvalue weighted by atomic mass is 16.3. The van der Waals surface area contributed by atoms with Crippen molar-refractivity contribution in [3.05, 3.63) is 41.8 Å². The first kappa shape index (κ1) is 18.0. The summed E-state index contributed by atoms with van der Waals surface area (Å²) in [5.74, 6) is 0.523. The number of hydrogen-bond acceptors (Lipinski definition) is 4. The molecule has 0 radical (unpaired) electrons. The predicted molar refractivity (Wildman–Crippen MR) is 92.4 cm³/mol. The van der Waals surface area contributed by atoms with Crippen LogP contribution in [0.3, 0.4) is 0 Å². The van der Waals surface area contributed by atoms with Gasteiger partial charge in [0.05, 0.1) is 18.3 Å². The Morgan fingerprint density at radius 2 is 1.92 bits per heavy atom. The Balaban J connectivity index is 1.82.